The average Bonchev–Trinajstić information content (AvgIpc) is 3.25. The largest absolute Gasteiger partial charge is 0.359 e. The fourth-order valence-corrected chi connectivity index (χ4v) is 5.00. The summed E-state index contributed by atoms with van der Waals surface area (Å²) in [6.07, 6.45) is 8.85. The van der Waals surface area contributed by atoms with Crippen molar-refractivity contribution in [3.05, 3.63) is 29.8 Å². The molecule has 134 valence electrons. The molecule has 3 fully saturated rings. The van der Waals surface area contributed by atoms with Crippen molar-refractivity contribution in [1.82, 2.24) is 10.2 Å². The summed E-state index contributed by atoms with van der Waals surface area (Å²) in [6, 6.07) is 8.25. The van der Waals surface area contributed by atoms with E-state index in [9.17, 15) is 4.79 Å². The molecule has 1 amide bonds. The first-order valence-corrected chi connectivity index (χ1v) is 10.1. The number of thiocarbonyl (C=S) groups is 1. The zero-order chi connectivity index (χ0) is 17.2. The van der Waals surface area contributed by atoms with Crippen LogP contribution in [0.2, 0.25) is 0 Å². The van der Waals surface area contributed by atoms with Crippen molar-refractivity contribution < 1.29 is 4.79 Å². The van der Waals surface area contributed by atoms with Gasteiger partial charge >= 0.3 is 0 Å². The smallest absolute Gasteiger partial charge is 0.253 e. The molecule has 0 aromatic heterocycles. The zero-order valence-corrected chi connectivity index (χ0v) is 15.5. The van der Waals surface area contributed by atoms with Crippen molar-refractivity contribution in [2.24, 2.45) is 11.8 Å². The second-order valence-electron chi connectivity index (χ2n) is 7.81. The van der Waals surface area contributed by atoms with Gasteiger partial charge in [-0.2, -0.15) is 0 Å². The van der Waals surface area contributed by atoms with E-state index in [1.54, 1.807) is 0 Å². The Morgan fingerprint density at radius 2 is 1.80 bits per heavy atom. The third kappa shape index (κ3) is 3.81. The highest BCUT2D eigenvalue weighted by atomic mass is 32.1. The van der Waals surface area contributed by atoms with E-state index in [1.165, 1.54) is 32.1 Å². The summed E-state index contributed by atoms with van der Waals surface area (Å²) in [5.74, 6) is 1.86. The summed E-state index contributed by atoms with van der Waals surface area (Å²) in [6.45, 7) is 1.77. The number of nitrogens with one attached hydrogen (secondary N) is 2. The molecule has 4 nitrogen and oxygen atoms in total. The van der Waals surface area contributed by atoms with Crippen LogP contribution in [-0.2, 0) is 0 Å². The summed E-state index contributed by atoms with van der Waals surface area (Å²) in [5, 5.41) is 7.46. The zero-order valence-electron chi connectivity index (χ0n) is 14.7. The fraction of sp³-hybridized carbons (Fsp3) is 0.600. The van der Waals surface area contributed by atoms with Gasteiger partial charge < -0.3 is 15.5 Å². The minimum Gasteiger partial charge on any atom is -0.359 e. The number of anilines is 1. The highest BCUT2D eigenvalue weighted by molar-refractivity contribution is 7.80. The summed E-state index contributed by atoms with van der Waals surface area (Å²) in [4.78, 5) is 14.5. The van der Waals surface area contributed by atoms with Crippen molar-refractivity contribution in [3.8, 4) is 0 Å². The number of hydrogen-bond donors (Lipinski definition) is 2. The first-order chi connectivity index (χ1) is 12.2. The minimum absolute atomic E-state index is 0.147. The molecule has 3 atom stereocenters. The first kappa shape index (κ1) is 16.8. The number of nitrogens with zero attached hydrogens (tertiary/aromatic N) is 1. The number of likely N-dealkylation sites (tertiary alicyclic amines) is 1. The molecule has 1 heterocycles. The lowest BCUT2D eigenvalue weighted by Crippen LogP contribution is -2.40. The Labute approximate surface area is 155 Å². The molecule has 2 saturated carbocycles. The van der Waals surface area contributed by atoms with Crippen molar-refractivity contribution in [1.29, 1.82) is 0 Å². The average molecular weight is 358 g/mol. The molecule has 1 saturated heterocycles. The van der Waals surface area contributed by atoms with Gasteiger partial charge in [0.25, 0.3) is 5.91 Å². The van der Waals surface area contributed by atoms with Gasteiger partial charge in [0.05, 0.1) is 0 Å². The molecule has 1 aromatic carbocycles. The Balaban J connectivity index is 1.31. The van der Waals surface area contributed by atoms with Crippen LogP contribution in [0.25, 0.3) is 0 Å². The van der Waals surface area contributed by atoms with Crippen molar-refractivity contribution in [2.45, 2.75) is 51.0 Å². The van der Waals surface area contributed by atoms with Crippen molar-refractivity contribution >= 4 is 28.9 Å². The number of carbonyl (C=O) groups excluding carboxylic acids is 1. The maximum atomic E-state index is 12.5. The summed E-state index contributed by atoms with van der Waals surface area (Å²) >= 11 is 5.48. The molecule has 0 unspecified atom stereocenters. The van der Waals surface area contributed by atoms with E-state index in [2.05, 4.69) is 10.6 Å². The molecule has 2 bridgehead atoms. The van der Waals surface area contributed by atoms with Crippen LogP contribution in [0.1, 0.15) is 55.3 Å². The highest BCUT2D eigenvalue weighted by Gasteiger charge is 2.39. The number of benzene rings is 1. The molecule has 1 aliphatic heterocycles. The van der Waals surface area contributed by atoms with Gasteiger partial charge in [-0.25, -0.2) is 0 Å². The molecule has 3 aliphatic rings. The third-order valence-corrected chi connectivity index (χ3v) is 6.31. The van der Waals surface area contributed by atoms with Crippen molar-refractivity contribution in [2.75, 3.05) is 18.4 Å². The van der Waals surface area contributed by atoms with Gasteiger partial charge in [0, 0.05) is 30.4 Å². The Kier molecular flexibility index (Phi) is 4.93. The number of amides is 1. The lowest BCUT2D eigenvalue weighted by molar-refractivity contribution is 0.0724. The normalized spacial score (nSPS) is 28.0. The summed E-state index contributed by atoms with van der Waals surface area (Å²) in [5.41, 5.74) is 1.70. The standard InChI is InChI=1S/C20H27N3OS/c24-19(23-10-2-1-3-11-23)15-6-8-17(9-7-15)21-20(25)22-18-13-14-4-5-16(18)12-14/h6-9,14,16,18H,1-5,10-13H2,(H2,21,22,25)/t14-,16+,18+/m0/s1. The van der Waals surface area contributed by atoms with Crippen LogP contribution in [0, 0.1) is 11.8 Å². The lowest BCUT2D eigenvalue weighted by Gasteiger charge is -2.27. The Morgan fingerprint density at radius 1 is 1.04 bits per heavy atom. The third-order valence-electron chi connectivity index (χ3n) is 6.09. The molecule has 4 rings (SSSR count). The Hall–Kier alpha value is -1.62. The van der Waals surface area contributed by atoms with Gasteiger partial charge in [0.2, 0.25) is 0 Å². The van der Waals surface area contributed by atoms with Gasteiger partial charge in [-0.1, -0.05) is 6.42 Å². The molecular weight excluding hydrogens is 330 g/mol. The van der Waals surface area contributed by atoms with Crippen LogP contribution in [0.15, 0.2) is 24.3 Å². The van der Waals surface area contributed by atoms with Gasteiger partial charge in [0.15, 0.2) is 5.11 Å². The van der Waals surface area contributed by atoms with E-state index in [1.807, 2.05) is 29.2 Å². The monoisotopic (exact) mass is 357 g/mol. The number of hydrogen-bond acceptors (Lipinski definition) is 2. The predicted octanol–water partition coefficient (Wildman–Crippen LogP) is 3.79. The Bertz CT molecular complexity index is 639. The van der Waals surface area contributed by atoms with Gasteiger partial charge in [-0.05, 0) is 86.8 Å². The number of piperidine rings is 1. The minimum atomic E-state index is 0.147. The lowest BCUT2D eigenvalue weighted by atomic mass is 9.96. The van der Waals surface area contributed by atoms with Crippen LogP contribution < -0.4 is 10.6 Å². The van der Waals surface area contributed by atoms with Crippen molar-refractivity contribution in [3.63, 3.8) is 0 Å². The number of carbonyl (C=O) groups is 1. The molecule has 5 heteroatoms. The Morgan fingerprint density at radius 3 is 2.44 bits per heavy atom. The highest BCUT2D eigenvalue weighted by Crippen LogP contribution is 2.44. The molecular formula is C20H27N3OS. The summed E-state index contributed by atoms with van der Waals surface area (Å²) in [7, 11) is 0. The second-order valence-corrected chi connectivity index (χ2v) is 8.22. The maximum Gasteiger partial charge on any atom is 0.253 e. The van der Waals surface area contributed by atoms with E-state index in [0.29, 0.717) is 11.2 Å². The van der Waals surface area contributed by atoms with Crippen LogP contribution in [0.3, 0.4) is 0 Å². The molecule has 2 N–H and O–H groups in total. The molecule has 2 aliphatic carbocycles. The van der Waals surface area contributed by atoms with Crippen LogP contribution >= 0.6 is 12.2 Å². The van der Waals surface area contributed by atoms with Crippen LogP contribution in [0.5, 0.6) is 0 Å². The van der Waals surface area contributed by atoms with Crippen LogP contribution in [0.4, 0.5) is 5.69 Å². The predicted molar refractivity (Wildman–Crippen MR) is 105 cm³/mol. The molecule has 1 aromatic rings. The van der Waals surface area contributed by atoms with E-state index in [4.69, 9.17) is 12.2 Å². The first-order valence-electron chi connectivity index (χ1n) is 9.66. The molecule has 0 radical (unpaired) electrons. The second kappa shape index (κ2) is 7.32. The van der Waals surface area contributed by atoms with E-state index >= 15 is 0 Å². The molecule has 25 heavy (non-hydrogen) atoms. The topological polar surface area (TPSA) is 44.4 Å². The van der Waals surface area contributed by atoms with E-state index in [-0.39, 0.29) is 5.91 Å². The van der Waals surface area contributed by atoms with E-state index < -0.39 is 0 Å². The molecule has 0 spiro atoms. The van der Waals surface area contributed by atoms with E-state index in [0.717, 1.165) is 49.0 Å². The SMILES string of the molecule is O=C(c1ccc(NC(=S)N[C@@H]2C[C@H]3CC[C@@H]2C3)cc1)N1CCCCC1. The van der Waals surface area contributed by atoms with Gasteiger partial charge in [-0.3, -0.25) is 4.79 Å². The summed E-state index contributed by atoms with van der Waals surface area (Å²) < 4.78 is 0. The number of rotatable bonds is 3. The maximum absolute atomic E-state index is 12.5. The fourth-order valence-electron chi connectivity index (χ4n) is 4.73. The van der Waals surface area contributed by atoms with Crippen LogP contribution in [-0.4, -0.2) is 35.1 Å². The van der Waals surface area contributed by atoms with Gasteiger partial charge in [-0.15, -0.1) is 0 Å². The van der Waals surface area contributed by atoms with Gasteiger partial charge in [0.1, 0.15) is 0 Å². The number of fused-ring (bicyclic) bond motifs is 2. The quantitative estimate of drug-likeness (QED) is 0.808.